The fraction of sp³-hybridized carbons (Fsp3) is 0.900. The van der Waals surface area contributed by atoms with Gasteiger partial charge < -0.3 is 5.11 Å². The number of nitrogens with one attached hydrogen (secondary N) is 1. The monoisotopic (exact) mass is 215 g/mol. The van der Waals surface area contributed by atoms with E-state index < -0.39 is 5.60 Å². The van der Waals surface area contributed by atoms with Gasteiger partial charge in [-0.2, -0.15) is 0 Å². The predicted octanol–water partition coefficient (Wildman–Crippen LogP) is -0.541. The van der Waals surface area contributed by atoms with E-state index in [0.29, 0.717) is 13.1 Å². The third-order valence-corrected chi connectivity index (χ3v) is 2.88. The first-order valence-corrected chi connectivity index (χ1v) is 5.40. The molecule has 1 aliphatic rings. The van der Waals surface area contributed by atoms with Gasteiger partial charge >= 0.3 is 0 Å². The molecule has 0 radical (unpaired) electrons. The highest BCUT2D eigenvalue weighted by molar-refractivity contribution is 5.77. The van der Waals surface area contributed by atoms with Crippen LogP contribution in [0.3, 0.4) is 0 Å². The number of aliphatic hydroxyl groups is 1. The number of β-amino-alcohol motifs (C(OH)–C–C–N with tert-alkyl or cyclic N) is 1. The molecule has 1 amide bonds. The second-order valence-electron chi connectivity index (χ2n) is 4.75. The zero-order valence-electron chi connectivity index (χ0n) is 9.49. The number of piperidine rings is 1. The lowest BCUT2D eigenvalue weighted by Crippen LogP contribution is -2.49. The number of likely N-dealkylation sites (tertiary alicyclic amines) is 1. The van der Waals surface area contributed by atoms with E-state index in [2.05, 4.69) is 10.3 Å². The van der Waals surface area contributed by atoms with Crippen LogP contribution in [0, 0.1) is 5.92 Å². The summed E-state index contributed by atoms with van der Waals surface area (Å²) in [5.41, 5.74) is 1.53. The van der Waals surface area contributed by atoms with Gasteiger partial charge in [0.05, 0.1) is 5.60 Å². The van der Waals surface area contributed by atoms with Gasteiger partial charge in [-0.15, -0.1) is 0 Å². The van der Waals surface area contributed by atoms with Crippen LogP contribution in [0.15, 0.2) is 0 Å². The van der Waals surface area contributed by atoms with E-state index in [9.17, 15) is 9.90 Å². The van der Waals surface area contributed by atoms with E-state index in [0.717, 1.165) is 19.4 Å². The van der Waals surface area contributed by atoms with E-state index >= 15 is 0 Å². The largest absolute Gasteiger partial charge is 0.389 e. The minimum absolute atomic E-state index is 0.135. The average Bonchev–Trinajstić information content (AvgIpc) is 2.14. The Morgan fingerprint density at radius 1 is 1.73 bits per heavy atom. The molecule has 0 aromatic rings. The molecule has 1 saturated heterocycles. The Bertz CT molecular complexity index is 231. The number of hydrazine groups is 1. The summed E-state index contributed by atoms with van der Waals surface area (Å²) >= 11 is 0. The van der Waals surface area contributed by atoms with Gasteiger partial charge in [0.25, 0.3) is 0 Å². The quantitative estimate of drug-likeness (QED) is 0.335. The van der Waals surface area contributed by atoms with Crippen LogP contribution in [0.4, 0.5) is 0 Å². The lowest BCUT2D eigenvalue weighted by Gasteiger charge is -2.37. The van der Waals surface area contributed by atoms with Crippen molar-refractivity contribution in [2.24, 2.45) is 11.8 Å². The van der Waals surface area contributed by atoms with E-state index in [1.54, 1.807) is 0 Å². The molecule has 15 heavy (non-hydrogen) atoms. The standard InChI is InChI=1S/C10H21N3O2/c1-8(9(14)12-11)6-13-5-3-4-10(2,15)7-13/h8,15H,3-7,11H2,1-2H3,(H,12,14). The van der Waals surface area contributed by atoms with Crippen molar-refractivity contribution in [3.05, 3.63) is 0 Å². The van der Waals surface area contributed by atoms with Crippen molar-refractivity contribution in [1.29, 1.82) is 0 Å². The third-order valence-electron chi connectivity index (χ3n) is 2.88. The first-order chi connectivity index (χ1) is 6.94. The Balaban J connectivity index is 2.41. The number of nitrogens with zero attached hydrogens (tertiary/aromatic N) is 1. The van der Waals surface area contributed by atoms with Crippen molar-refractivity contribution in [2.45, 2.75) is 32.3 Å². The molecule has 0 bridgehead atoms. The van der Waals surface area contributed by atoms with E-state index in [4.69, 9.17) is 5.84 Å². The maximum absolute atomic E-state index is 11.2. The van der Waals surface area contributed by atoms with Crippen molar-refractivity contribution in [2.75, 3.05) is 19.6 Å². The Morgan fingerprint density at radius 2 is 2.40 bits per heavy atom. The van der Waals surface area contributed by atoms with Gasteiger partial charge in [-0.25, -0.2) is 5.84 Å². The molecule has 5 nitrogen and oxygen atoms in total. The van der Waals surface area contributed by atoms with Crippen LogP contribution in [0.25, 0.3) is 0 Å². The molecular weight excluding hydrogens is 194 g/mol. The van der Waals surface area contributed by atoms with Gasteiger partial charge in [-0.05, 0) is 26.3 Å². The molecule has 0 aliphatic carbocycles. The molecule has 1 aliphatic heterocycles. The summed E-state index contributed by atoms with van der Waals surface area (Å²) in [6.45, 7) is 5.91. The van der Waals surface area contributed by atoms with Gasteiger partial charge in [-0.1, -0.05) is 6.92 Å². The second kappa shape index (κ2) is 4.92. The normalized spacial score (nSPS) is 29.9. The molecule has 5 heteroatoms. The molecule has 0 aromatic carbocycles. The molecule has 2 atom stereocenters. The van der Waals surface area contributed by atoms with Crippen LogP contribution >= 0.6 is 0 Å². The van der Waals surface area contributed by atoms with Crippen LogP contribution < -0.4 is 11.3 Å². The minimum atomic E-state index is -0.614. The van der Waals surface area contributed by atoms with Crippen molar-refractivity contribution >= 4 is 5.91 Å². The number of amides is 1. The number of hydrogen-bond acceptors (Lipinski definition) is 4. The number of carbonyl (C=O) groups is 1. The molecule has 4 N–H and O–H groups in total. The smallest absolute Gasteiger partial charge is 0.237 e. The van der Waals surface area contributed by atoms with Gasteiger partial charge in [0.2, 0.25) is 5.91 Å². The summed E-state index contributed by atoms with van der Waals surface area (Å²) in [7, 11) is 0. The minimum Gasteiger partial charge on any atom is -0.389 e. The van der Waals surface area contributed by atoms with Gasteiger partial charge in [0, 0.05) is 19.0 Å². The van der Waals surface area contributed by atoms with Crippen molar-refractivity contribution in [3.8, 4) is 0 Å². The first-order valence-electron chi connectivity index (χ1n) is 5.40. The summed E-state index contributed by atoms with van der Waals surface area (Å²) < 4.78 is 0. The number of carbonyl (C=O) groups excluding carboxylic acids is 1. The molecule has 1 fully saturated rings. The van der Waals surface area contributed by atoms with Crippen LogP contribution in [-0.4, -0.2) is 41.1 Å². The second-order valence-corrected chi connectivity index (χ2v) is 4.75. The molecular formula is C10H21N3O2. The van der Waals surface area contributed by atoms with Crippen molar-refractivity contribution in [3.63, 3.8) is 0 Å². The maximum Gasteiger partial charge on any atom is 0.237 e. The van der Waals surface area contributed by atoms with E-state index in [-0.39, 0.29) is 11.8 Å². The molecule has 0 saturated carbocycles. The Morgan fingerprint density at radius 3 is 2.93 bits per heavy atom. The first kappa shape index (κ1) is 12.4. The van der Waals surface area contributed by atoms with Gasteiger partial charge in [0.1, 0.15) is 0 Å². The third kappa shape index (κ3) is 3.77. The average molecular weight is 215 g/mol. The molecule has 2 unspecified atom stereocenters. The van der Waals surface area contributed by atoms with Crippen LogP contribution in [0.5, 0.6) is 0 Å². The number of nitrogens with two attached hydrogens (primary N) is 1. The van der Waals surface area contributed by atoms with Crippen LogP contribution in [0.2, 0.25) is 0 Å². The van der Waals surface area contributed by atoms with Crippen molar-refractivity contribution < 1.29 is 9.90 Å². The number of hydrogen-bond donors (Lipinski definition) is 3. The number of rotatable bonds is 3. The SMILES string of the molecule is CC(CN1CCCC(C)(O)C1)C(=O)NN. The Kier molecular flexibility index (Phi) is 4.07. The molecule has 1 heterocycles. The van der Waals surface area contributed by atoms with Crippen LogP contribution in [-0.2, 0) is 4.79 Å². The molecule has 1 rings (SSSR count). The van der Waals surface area contributed by atoms with E-state index in [1.807, 2.05) is 13.8 Å². The van der Waals surface area contributed by atoms with Gasteiger partial charge in [0.15, 0.2) is 0 Å². The fourth-order valence-corrected chi connectivity index (χ4v) is 2.09. The molecule has 0 aromatic heterocycles. The predicted molar refractivity (Wildman–Crippen MR) is 57.8 cm³/mol. The van der Waals surface area contributed by atoms with E-state index in [1.165, 1.54) is 0 Å². The fourth-order valence-electron chi connectivity index (χ4n) is 2.09. The highest BCUT2D eigenvalue weighted by atomic mass is 16.3. The summed E-state index contributed by atoms with van der Waals surface area (Å²) in [6, 6.07) is 0. The van der Waals surface area contributed by atoms with Crippen LogP contribution in [0.1, 0.15) is 26.7 Å². The molecule has 88 valence electrons. The zero-order valence-corrected chi connectivity index (χ0v) is 9.49. The zero-order chi connectivity index (χ0) is 11.5. The summed E-state index contributed by atoms with van der Waals surface area (Å²) in [5.74, 6) is 4.78. The highest BCUT2D eigenvalue weighted by Gasteiger charge is 2.29. The lowest BCUT2D eigenvalue weighted by atomic mass is 9.94. The Hall–Kier alpha value is -0.650. The summed E-state index contributed by atoms with van der Waals surface area (Å²) in [5, 5.41) is 9.89. The molecule has 0 spiro atoms. The Labute approximate surface area is 90.6 Å². The summed E-state index contributed by atoms with van der Waals surface area (Å²) in [4.78, 5) is 13.3. The van der Waals surface area contributed by atoms with Crippen molar-refractivity contribution in [1.82, 2.24) is 10.3 Å². The van der Waals surface area contributed by atoms with Gasteiger partial charge in [-0.3, -0.25) is 15.1 Å². The maximum atomic E-state index is 11.2. The summed E-state index contributed by atoms with van der Waals surface area (Å²) in [6.07, 6.45) is 1.81. The highest BCUT2D eigenvalue weighted by Crippen LogP contribution is 2.20. The lowest BCUT2D eigenvalue weighted by molar-refractivity contribution is -0.125. The topological polar surface area (TPSA) is 78.6 Å².